The molecule has 25 heavy (non-hydrogen) atoms. The lowest BCUT2D eigenvalue weighted by Crippen LogP contribution is -2.42. The molecule has 134 valence electrons. The molecule has 1 aromatic heterocycles. The van der Waals surface area contributed by atoms with Crippen molar-refractivity contribution < 1.29 is 28.3 Å². The third-order valence-electron chi connectivity index (χ3n) is 3.96. The number of imide groups is 1. The average molecular weight is 366 g/mol. The quantitative estimate of drug-likeness (QED) is 0.588. The summed E-state index contributed by atoms with van der Waals surface area (Å²) in [5.41, 5.74) is 0. The van der Waals surface area contributed by atoms with Crippen molar-refractivity contribution in [1.29, 1.82) is 0 Å². The van der Waals surface area contributed by atoms with E-state index in [1.165, 1.54) is 20.1 Å². The first-order valence-electron chi connectivity index (χ1n) is 7.78. The predicted octanol–water partition coefficient (Wildman–Crippen LogP) is 1.71. The van der Waals surface area contributed by atoms with Crippen molar-refractivity contribution in [3.8, 4) is 0 Å². The van der Waals surface area contributed by atoms with Crippen molar-refractivity contribution >= 4 is 40.8 Å². The van der Waals surface area contributed by atoms with Crippen LogP contribution in [0.3, 0.4) is 0 Å². The van der Waals surface area contributed by atoms with Crippen LogP contribution in [0.15, 0.2) is 21.5 Å². The van der Waals surface area contributed by atoms with E-state index in [1.54, 1.807) is 6.07 Å². The second kappa shape index (κ2) is 7.32. The van der Waals surface area contributed by atoms with Gasteiger partial charge in [0.2, 0.25) is 0 Å². The minimum Gasteiger partial charge on any atom is -0.467 e. The van der Waals surface area contributed by atoms with Crippen molar-refractivity contribution in [2.24, 2.45) is 0 Å². The average Bonchev–Trinajstić information content (AvgIpc) is 3.19. The molecule has 3 heterocycles. The van der Waals surface area contributed by atoms with Gasteiger partial charge in [-0.05, 0) is 24.8 Å². The summed E-state index contributed by atoms with van der Waals surface area (Å²) in [5.74, 6) is -0.0113. The van der Waals surface area contributed by atoms with E-state index in [-0.39, 0.29) is 4.91 Å². The molecule has 2 amide bonds. The largest absolute Gasteiger partial charge is 0.467 e. The summed E-state index contributed by atoms with van der Waals surface area (Å²) in [5, 5.41) is -0.505. The smallest absolute Gasteiger partial charge is 0.328 e. The number of thioether (sulfide) groups is 1. The van der Waals surface area contributed by atoms with E-state index < -0.39 is 23.2 Å². The van der Waals surface area contributed by atoms with E-state index in [0.29, 0.717) is 24.9 Å². The summed E-state index contributed by atoms with van der Waals surface area (Å²) >= 11 is 0.775. The number of amides is 2. The Bertz CT molecular complexity index is 722. The van der Waals surface area contributed by atoms with Crippen LogP contribution in [-0.4, -0.2) is 61.5 Å². The topological polar surface area (TPSA) is 89.3 Å². The number of hydrogen-bond donors (Lipinski definition) is 0. The predicted molar refractivity (Wildman–Crippen MR) is 91.0 cm³/mol. The maximum Gasteiger partial charge on any atom is 0.328 e. The van der Waals surface area contributed by atoms with Gasteiger partial charge in [0.05, 0.1) is 25.2 Å². The number of nitrogens with zero attached hydrogens (tertiary/aromatic N) is 2. The van der Waals surface area contributed by atoms with Crippen LogP contribution in [0, 0.1) is 0 Å². The molecule has 2 aliphatic rings. The molecule has 9 heteroatoms. The van der Waals surface area contributed by atoms with Gasteiger partial charge in [-0.2, -0.15) is 0 Å². The molecule has 0 radical (unpaired) electrons. The number of hydrogen-bond acceptors (Lipinski definition) is 8. The van der Waals surface area contributed by atoms with Crippen LogP contribution in [-0.2, 0) is 19.1 Å². The minimum absolute atomic E-state index is 0.212. The lowest BCUT2D eigenvalue weighted by Gasteiger charge is -2.26. The van der Waals surface area contributed by atoms with E-state index in [4.69, 9.17) is 9.15 Å². The summed E-state index contributed by atoms with van der Waals surface area (Å²) in [7, 11) is 1.21. The second-order valence-corrected chi connectivity index (χ2v) is 6.52. The van der Waals surface area contributed by atoms with Crippen LogP contribution >= 0.6 is 11.8 Å². The first kappa shape index (κ1) is 17.6. The highest BCUT2D eigenvalue weighted by atomic mass is 32.2. The number of carbonyl (C=O) groups excluding carboxylic acids is 3. The van der Waals surface area contributed by atoms with Gasteiger partial charge >= 0.3 is 5.97 Å². The molecule has 1 aromatic rings. The summed E-state index contributed by atoms with van der Waals surface area (Å²) < 4.78 is 15.6. The molecule has 1 atom stereocenters. The number of furan rings is 1. The number of ether oxygens (including phenoxy) is 2. The SMILES string of the molecule is COC(=O)C(C)N1C(=O)SC(=Cc2ccc(N3CCOCC3)o2)C1=O. The van der Waals surface area contributed by atoms with E-state index >= 15 is 0 Å². The van der Waals surface area contributed by atoms with Gasteiger partial charge in [0.15, 0.2) is 5.88 Å². The van der Waals surface area contributed by atoms with Crippen LogP contribution in [0.25, 0.3) is 6.08 Å². The van der Waals surface area contributed by atoms with Gasteiger partial charge in [0.25, 0.3) is 11.1 Å². The summed E-state index contributed by atoms with van der Waals surface area (Å²) in [6, 6.07) is 2.59. The number of anilines is 1. The highest BCUT2D eigenvalue weighted by Crippen LogP contribution is 2.34. The summed E-state index contributed by atoms with van der Waals surface area (Å²) in [6.45, 7) is 4.20. The van der Waals surface area contributed by atoms with Crippen LogP contribution in [0.2, 0.25) is 0 Å². The van der Waals surface area contributed by atoms with Crippen molar-refractivity contribution in [2.45, 2.75) is 13.0 Å². The first-order valence-corrected chi connectivity index (χ1v) is 8.60. The lowest BCUT2D eigenvalue weighted by atomic mass is 10.3. The van der Waals surface area contributed by atoms with Crippen molar-refractivity contribution in [3.05, 3.63) is 22.8 Å². The monoisotopic (exact) mass is 366 g/mol. The molecule has 2 aliphatic heterocycles. The molecule has 0 aromatic carbocycles. The van der Waals surface area contributed by atoms with E-state index in [1.807, 2.05) is 11.0 Å². The molecule has 0 saturated carbocycles. The molecule has 2 saturated heterocycles. The molecule has 1 unspecified atom stereocenters. The van der Waals surface area contributed by atoms with Gasteiger partial charge in [-0.1, -0.05) is 0 Å². The van der Waals surface area contributed by atoms with E-state index in [0.717, 1.165) is 29.8 Å². The second-order valence-electron chi connectivity index (χ2n) is 5.53. The molecule has 2 fully saturated rings. The number of rotatable bonds is 4. The van der Waals surface area contributed by atoms with E-state index in [2.05, 4.69) is 4.74 Å². The molecule has 0 N–H and O–H groups in total. The van der Waals surface area contributed by atoms with Gasteiger partial charge in [-0.15, -0.1) is 0 Å². The third kappa shape index (κ3) is 3.57. The molecule has 8 nitrogen and oxygen atoms in total. The maximum atomic E-state index is 12.4. The zero-order chi connectivity index (χ0) is 18.0. The normalized spacial score (nSPS) is 21.1. The molecular weight excluding hydrogens is 348 g/mol. The van der Waals surface area contributed by atoms with Crippen molar-refractivity contribution in [2.75, 3.05) is 38.3 Å². The van der Waals surface area contributed by atoms with Gasteiger partial charge < -0.3 is 18.8 Å². The van der Waals surface area contributed by atoms with Crippen LogP contribution < -0.4 is 4.90 Å². The Kier molecular flexibility index (Phi) is 5.14. The molecule has 0 spiro atoms. The van der Waals surface area contributed by atoms with Crippen molar-refractivity contribution in [1.82, 2.24) is 4.90 Å². The van der Waals surface area contributed by atoms with Gasteiger partial charge in [-0.3, -0.25) is 14.5 Å². The van der Waals surface area contributed by atoms with Crippen LogP contribution in [0.4, 0.5) is 10.7 Å². The Labute approximate surface area is 148 Å². The molecular formula is C16H18N2O6S. The van der Waals surface area contributed by atoms with Crippen LogP contribution in [0.1, 0.15) is 12.7 Å². The van der Waals surface area contributed by atoms with Gasteiger partial charge in [0, 0.05) is 25.2 Å². The Morgan fingerprint density at radius 1 is 1.32 bits per heavy atom. The molecule has 0 aliphatic carbocycles. The Morgan fingerprint density at radius 3 is 2.72 bits per heavy atom. The van der Waals surface area contributed by atoms with Gasteiger partial charge in [-0.25, -0.2) is 4.79 Å². The zero-order valence-electron chi connectivity index (χ0n) is 13.9. The fourth-order valence-electron chi connectivity index (χ4n) is 2.59. The number of morpholine rings is 1. The Balaban J connectivity index is 1.76. The first-order chi connectivity index (χ1) is 12.0. The number of methoxy groups -OCH3 is 1. The zero-order valence-corrected chi connectivity index (χ0v) is 14.7. The van der Waals surface area contributed by atoms with Crippen molar-refractivity contribution in [3.63, 3.8) is 0 Å². The summed E-state index contributed by atoms with van der Waals surface area (Å²) in [6.07, 6.45) is 1.51. The number of carbonyl (C=O) groups is 3. The van der Waals surface area contributed by atoms with Crippen LogP contribution in [0.5, 0.6) is 0 Å². The lowest BCUT2D eigenvalue weighted by molar-refractivity contribution is -0.148. The Hall–Kier alpha value is -2.26. The molecule has 0 bridgehead atoms. The highest BCUT2D eigenvalue weighted by molar-refractivity contribution is 8.18. The minimum atomic E-state index is -0.969. The standard InChI is InChI=1S/C16H18N2O6S/c1-10(15(20)22-2)18-14(19)12(25-16(18)21)9-11-3-4-13(24-11)17-5-7-23-8-6-17/h3-4,9-10H,5-8H2,1-2H3. The third-order valence-corrected chi connectivity index (χ3v) is 4.85. The molecule has 3 rings (SSSR count). The van der Waals surface area contributed by atoms with E-state index in [9.17, 15) is 14.4 Å². The summed E-state index contributed by atoms with van der Waals surface area (Å²) in [4.78, 5) is 39.3. The Morgan fingerprint density at radius 2 is 2.04 bits per heavy atom. The highest BCUT2D eigenvalue weighted by Gasteiger charge is 2.41. The fourth-order valence-corrected chi connectivity index (χ4v) is 3.48. The number of esters is 1. The fraction of sp³-hybridized carbons (Fsp3) is 0.438. The van der Waals surface area contributed by atoms with Gasteiger partial charge in [0.1, 0.15) is 11.8 Å². The maximum absolute atomic E-state index is 12.4.